The van der Waals surface area contributed by atoms with Gasteiger partial charge in [0.05, 0.1) is 17.3 Å². The molecule has 3 heterocycles. The van der Waals surface area contributed by atoms with Gasteiger partial charge in [0.2, 0.25) is 5.91 Å². The van der Waals surface area contributed by atoms with Crippen LogP contribution in [-0.4, -0.2) is 33.4 Å². The molecule has 1 aliphatic heterocycles. The SMILES string of the molecule is Cc1ccc2c(c1)nc(-c1ccc(-c3ccc4occc4c3)cc1)n2C[C@@H]1CCN(C(=O)C2CC2)C1. The highest BCUT2D eigenvalue weighted by Gasteiger charge is 2.36. The van der Waals surface area contributed by atoms with Crippen molar-refractivity contribution in [3.05, 3.63) is 78.6 Å². The Morgan fingerprint density at radius 1 is 0.944 bits per heavy atom. The van der Waals surface area contributed by atoms with Crippen molar-refractivity contribution in [3.63, 3.8) is 0 Å². The summed E-state index contributed by atoms with van der Waals surface area (Å²) in [6.45, 7) is 4.73. The van der Waals surface area contributed by atoms with E-state index in [1.807, 2.05) is 12.1 Å². The molecule has 1 atom stereocenters. The van der Waals surface area contributed by atoms with E-state index in [0.29, 0.717) is 17.7 Å². The van der Waals surface area contributed by atoms with E-state index in [1.165, 1.54) is 16.7 Å². The Morgan fingerprint density at radius 3 is 2.58 bits per heavy atom. The summed E-state index contributed by atoms with van der Waals surface area (Å²) in [5.41, 5.74) is 7.77. The first-order chi connectivity index (χ1) is 17.6. The third-order valence-corrected chi connectivity index (χ3v) is 7.80. The highest BCUT2D eigenvalue weighted by atomic mass is 16.3. The number of likely N-dealkylation sites (tertiary alicyclic amines) is 1. The number of carbonyl (C=O) groups is 1. The van der Waals surface area contributed by atoms with Crippen molar-refractivity contribution in [2.75, 3.05) is 13.1 Å². The number of amides is 1. The van der Waals surface area contributed by atoms with E-state index < -0.39 is 0 Å². The first kappa shape index (κ1) is 21.4. The summed E-state index contributed by atoms with van der Waals surface area (Å²) in [7, 11) is 0. The van der Waals surface area contributed by atoms with E-state index in [0.717, 1.165) is 72.3 Å². The van der Waals surface area contributed by atoms with Gasteiger partial charge in [-0.25, -0.2) is 4.98 Å². The average molecular weight is 476 g/mol. The molecule has 36 heavy (non-hydrogen) atoms. The summed E-state index contributed by atoms with van der Waals surface area (Å²) in [4.78, 5) is 19.8. The van der Waals surface area contributed by atoms with Crippen molar-refractivity contribution in [2.24, 2.45) is 11.8 Å². The number of aryl methyl sites for hydroxylation is 1. The van der Waals surface area contributed by atoms with Crippen LogP contribution in [0.25, 0.3) is 44.5 Å². The van der Waals surface area contributed by atoms with Crippen LogP contribution in [0.2, 0.25) is 0 Å². The maximum Gasteiger partial charge on any atom is 0.225 e. The van der Waals surface area contributed by atoms with Crippen LogP contribution in [0, 0.1) is 18.8 Å². The second-order valence-corrected chi connectivity index (χ2v) is 10.5. The van der Waals surface area contributed by atoms with Crippen molar-refractivity contribution in [3.8, 4) is 22.5 Å². The third-order valence-electron chi connectivity index (χ3n) is 7.80. The molecule has 180 valence electrons. The number of benzene rings is 3. The van der Waals surface area contributed by atoms with Gasteiger partial charge in [0, 0.05) is 36.5 Å². The van der Waals surface area contributed by atoms with Gasteiger partial charge in [0.25, 0.3) is 0 Å². The average Bonchev–Trinajstić information content (AvgIpc) is 3.30. The summed E-state index contributed by atoms with van der Waals surface area (Å²) in [5, 5.41) is 1.11. The van der Waals surface area contributed by atoms with Crippen molar-refractivity contribution in [1.82, 2.24) is 14.5 Å². The standard InChI is InChI=1S/C31H29N3O2/c1-20-2-10-28-27(16-20)32-30(34(28)19-21-12-14-33(18-21)31(35)24-7-8-24)23-5-3-22(4-6-23)25-9-11-29-26(17-25)13-15-36-29/h2-6,9-11,13,15-17,21,24H,7-8,12,14,18-19H2,1H3/t21-/m1/s1. The summed E-state index contributed by atoms with van der Waals surface area (Å²) < 4.78 is 7.86. The minimum absolute atomic E-state index is 0.295. The number of nitrogens with zero attached hydrogens (tertiary/aromatic N) is 3. The second-order valence-electron chi connectivity index (χ2n) is 10.5. The molecule has 2 aromatic heterocycles. The zero-order chi connectivity index (χ0) is 24.2. The fourth-order valence-electron chi connectivity index (χ4n) is 5.63. The summed E-state index contributed by atoms with van der Waals surface area (Å²) >= 11 is 0. The molecule has 0 radical (unpaired) electrons. The summed E-state index contributed by atoms with van der Waals surface area (Å²) in [6.07, 6.45) is 4.93. The number of hydrogen-bond donors (Lipinski definition) is 0. The van der Waals surface area contributed by atoms with Gasteiger partial charge in [-0.15, -0.1) is 0 Å². The zero-order valence-corrected chi connectivity index (χ0v) is 20.5. The summed E-state index contributed by atoms with van der Waals surface area (Å²) in [6, 6.07) is 23.5. The van der Waals surface area contributed by atoms with Crippen LogP contribution in [-0.2, 0) is 11.3 Å². The van der Waals surface area contributed by atoms with Crippen LogP contribution in [0.4, 0.5) is 0 Å². The number of rotatable bonds is 5. The molecule has 2 fully saturated rings. The molecule has 5 nitrogen and oxygen atoms in total. The van der Waals surface area contributed by atoms with Gasteiger partial charge in [0.1, 0.15) is 11.4 Å². The molecule has 0 N–H and O–H groups in total. The monoisotopic (exact) mass is 475 g/mol. The van der Waals surface area contributed by atoms with E-state index in [1.54, 1.807) is 6.26 Å². The molecule has 0 spiro atoms. The van der Waals surface area contributed by atoms with E-state index in [9.17, 15) is 4.79 Å². The van der Waals surface area contributed by atoms with Crippen molar-refractivity contribution in [1.29, 1.82) is 0 Å². The number of carbonyl (C=O) groups excluding carboxylic acids is 1. The Balaban J connectivity index is 1.21. The lowest BCUT2D eigenvalue weighted by molar-refractivity contribution is -0.131. The fourth-order valence-corrected chi connectivity index (χ4v) is 5.63. The molecule has 5 heteroatoms. The molecular formula is C31H29N3O2. The van der Waals surface area contributed by atoms with E-state index in [2.05, 4.69) is 71.0 Å². The number of aromatic nitrogens is 2. The Bertz CT molecular complexity index is 1590. The van der Waals surface area contributed by atoms with E-state index >= 15 is 0 Å². The largest absolute Gasteiger partial charge is 0.464 e. The Kier molecular flexibility index (Phi) is 4.98. The number of furan rings is 1. The van der Waals surface area contributed by atoms with Crippen molar-refractivity contribution < 1.29 is 9.21 Å². The molecule has 1 saturated carbocycles. The van der Waals surface area contributed by atoms with Crippen molar-refractivity contribution >= 4 is 27.9 Å². The molecule has 1 saturated heterocycles. The molecule has 1 aliphatic carbocycles. The highest BCUT2D eigenvalue weighted by Crippen LogP contribution is 2.35. The van der Waals surface area contributed by atoms with Crippen LogP contribution in [0.3, 0.4) is 0 Å². The smallest absolute Gasteiger partial charge is 0.225 e. The Hall–Kier alpha value is -3.86. The first-order valence-electron chi connectivity index (χ1n) is 13.0. The molecule has 3 aromatic carbocycles. The summed E-state index contributed by atoms with van der Waals surface area (Å²) in [5.74, 6) is 2.11. The first-order valence-corrected chi connectivity index (χ1v) is 13.0. The van der Waals surface area contributed by atoms with Crippen LogP contribution < -0.4 is 0 Å². The van der Waals surface area contributed by atoms with Crippen LogP contribution in [0.15, 0.2) is 77.4 Å². The normalized spacial score (nSPS) is 17.9. The second kappa shape index (κ2) is 8.37. The molecular weight excluding hydrogens is 446 g/mol. The predicted octanol–water partition coefficient (Wildman–Crippen LogP) is 6.68. The molecule has 5 aromatic rings. The minimum Gasteiger partial charge on any atom is -0.464 e. The molecule has 1 amide bonds. The number of imidazole rings is 1. The van der Waals surface area contributed by atoms with Crippen LogP contribution >= 0.6 is 0 Å². The Labute approximate surface area is 210 Å². The van der Waals surface area contributed by atoms with Crippen LogP contribution in [0.1, 0.15) is 24.8 Å². The maximum atomic E-state index is 12.6. The van der Waals surface area contributed by atoms with E-state index in [4.69, 9.17) is 9.40 Å². The zero-order valence-electron chi connectivity index (χ0n) is 20.5. The van der Waals surface area contributed by atoms with Crippen molar-refractivity contribution in [2.45, 2.75) is 32.7 Å². The van der Waals surface area contributed by atoms with Gasteiger partial charge in [-0.05, 0) is 79.1 Å². The third kappa shape index (κ3) is 3.79. The predicted molar refractivity (Wildman–Crippen MR) is 143 cm³/mol. The highest BCUT2D eigenvalue weighted by molar-refractivity contribution is 5.85. The lowest BCUT2D eigenvalue weighted by atomic mass is 10.0. The molecule has 7 rings (SSSR count). The van der Waals surface area contributed by atoms with Gasteiger partial charge < -0.3 is 13.9 Å². The molecule has 0 unspecified atom stereocenters. The lowest BCUT2D eigenvalue weighted by Gasteiger charge is -2.18. The van der Waals surface area contributed by atoms with Crippen LogP contribution in [0.5, 0.6) is 0 Å². The lowest BCUT2D eigenvalue weighted by Crippen LogP contribution is -2.30. The van der Waals surface area contributed by atoms with Gasteiger partial charge >= 0.3 is 0 Å². The van der Waals surface area contributed by atoms with Gasteiger partial charge in [0.15, 0.2) is 0 Å². The maximum absolute atomic E-state index is 12.6. The topological polar surface area (TPSA) is 51.3 Å². The fraction of sp³-hybridized carbons (Fsp3) is 0.290. The number of fused-ring (bicyclic) bond motifs is 2. The molecule has 2 aliphatic rings. The Morgan fingerprint density at radius 2 is 1.75 bits per heavy atom. The van der Waals surface area contributed by atoms with Gasteiger partial charge in [-0.2, -0.15) is 0 Å². The van der Waals surface area contributed by atoms with E-state index in [-0.39, 0.29) is 0 Å². The minimum atomic E-state index is 0.295. The number of hydrogen-bond acceptors (Lipinski definition) is 3. The van der Waals surface area contributed by atoms with Gasteiger partial charge in [-0.3, -0.25) is 4.79 Å². The van der Waals surface area contributed by atoms with Gasteiger partial charge in [-0.1, -0.05) is 36.4 Å². The quantitative estimate of drug-likeness (QED) is 0.285. The molecule has 0 bridgehead atoms.